The topological polar surface area (TPSA) is 87.3 Å². The van der Waals surface area contributed by atoms with Gasteiger partial charge in [-0.2, -0.15) is 0 Å². The molecule has 6 nitrogen and oxygen atoms in total. The highest BCUT2D eigenvalue weighted by molar-refractivity contribution is 6.05. The lowest BCUT2D eigenvalue weighted by Gasteiger charge is -2.37. The summed E-state index contributed by atoms with van der Waals surface area (Å²) >= 11 is 0. The summed E-state index contributed by atoms with van der Waals surface area (Å²) in [5.74, 6) is -1.06. The SMILES string of the molecule is CCC(C)(C)[C@@H](Nc1c(Nc2c(F)ccc3c2C(=O)N[C@H]3C)c(=O)c1=O)C1=CCC=C(C)CC1. The van der Waals surface area contributed by atoms with Crippen LogP contribution in [-0.2, 0) is 0 Å². The second-order valence-electron chi connectivity index (χ2n) is 10.1. The van der Waals surface area contributed by atoms with E-state index in [1.165, 1.54) is 17.2 Å². The molecule has 0 unspecified atom stereocenters. The third-order valence-electron chi connectivity index (χ3n) is 7.39. The predicted octanol–water partition coefficient (Wildman–Crippen LogP) is 5.24. The maximum Gasteiger partial charge on any atom is 0.254 e. The Morgan fingerprint density at radius 3 is 2.50 bits per heavy atom. The van der Waals surface area contributed by atoms with Gasteiger partial charge in [-0.3, -0.25) is 14.4 Å². The Morgan fingerprint density at radius 1 is 1.09 bits per heavy atom. The number of amides is 1. The summed E-state index contributed by atoms with van der Waals surface area (Å²) in [5, 5.41) is 8.91. The summed E-state index contributed by atoms with van der Waals surface area (Å²) in [6.07, 6.45) is 7.88. The fourth-order valence-corrected chi connectivity index (χ4v) is 4.80. The first kappa shape index (κ1) is 23.9. The zero-order valence-corrected chi connectivity index (χ0v) is 20.4. The average molecular weight is 466 g/mol. The number of rotatable bonds is 7. The molecule has 0 radical (unpaired) electrons. The minimum atomic E-state index is -0.716. The number of carbonyl (C=O) groups is 1. The highest BCUT2D eigenvalue weighted by Crippen LogP contribution is 2.38. The maximum atomic E-state index is 14.8. The molecular formula is C27H32FN3O3. The molecule has 2 aromatic rings. The smallest absolute Gasteiger partial charge is 0.254 e. The molecule has 34 heavy (non-hydrogen) atoms. The maximum absolute atomic E-state index is 14.8. The normalized spacial score (nSPS) is 19.1. The predicted molar refractivity (Wildman–Crippen MR) is 134 cm³/mol. The number of allylic oxidation sites excluding steroid dienone is 3. The van der Waals surface area contributed by atoms with Crippen LogP contribution < -0.4 is 26.8 Å². The van der Waals surface area contributed by atoms with Gasteiger partial charge in [0.15, 0.2) is 0 Å². The Balaban J connectivity index is 1.70. The van der Waals surface area contributed by atoms with Gasteiger partial charge in [-0.1, -0.05) is 50.1 Å². The van der Waals surface area contributed by atoms with Gasteiger partial charge in [-0.15, -0.1) is 0 Å². The summed E-state index contributed by atoms with van der Waals surface area (Å²) in [6.45, 7) is 10.3. The van der Waals surface area contributed by atoms with Gasteiger partial charge in [0.1, 0.15) is 17.2 Å². The van der Waals surface area contributed by atoms with Crippen molar-refractivity contribution >= 4 is 23.0 Å². The molecule has 2 aromatic carbocycles. The number of anilines is 3. The van der Waals surface area contributed by atoms with E-state index in [-0.39, 0.29) is 40.1 Å². The molecule has 0 bridgehead atoms. The molecule has 2 aliphatic rings. The lowest BCUT2D eigenvalue weighted by atomic mass is 9.76. The molecule has 0 saturated carbocycles. The van der Waals surface area contributed by atoms with E-state index in [0.29, 0.717) is 5.56 Å². The van der Waals surface area contributed by atoms with E-state index in [2.05, 4.69) is 55.8 Å². The Hall–Kier alpha value is -3.22. The fourth-order valence-electron chi connectivity index (χ4n) is 4.80. The van der Waals surface area contributed by atoms with Crippen molar-refractivity contribution in [1.82, 2.24) is 5.32 Å². The van der Waals surface area contributed by atoms with Crippen molar-refractivity contribution in [3.63, 3.8) is 0 Å². The van der Waals surface area contributed by atoms with Gasteiger partial charge in [-0.05, 0) is 56.6 Å². The van der Waals surface area contributed by atoms with E-state index >= 15 is 0 Å². The van der Waals surface area contributed by atoms with E-state index in [0.717, 1.165) is 25.7 Å². The number of benzene rings is 1. The van der Waals surface area contributed by atoms with Crippen molar-refractivity contribution < 1.29 is 9.18 Å². The van der Waals surface area contributed by atoms with Gasteiger partial charge >= 0.3 is 0 Å². The molecular weight excluding hydrogens is 433 g/mol. The highest BCUT2D eigenvalue weighted by atomic mass is 19.1. The molecule has 3 N–H and O–H groups in total. The van der Waals surface area contributed by atoms with Crippen LogP contribution in [0, 0.1) is 11.2 Å². The first-order chi connectivity index (χ1) is 16.0. The van der Waals surface area contributed by atoms with Crippen LogP contribution in [0.1, 0.15) is 82.3 Å². The Labute approximate surface area is 199 Å². The zero-order valence-electron chi connectivity index (χ0n) is 20.4. The van der Waals surface area contributed by atoms with Crippen LogP contribution in [0.2, 0.25) is 0 Å². The molecule has 1 aliphatic carbocycles. The summed E-state index contributed by atoms with van der Waals surface area (Å²) in [5.41, 5.74) is 1.88. The lowest BCUT2D eigenvalue weighted by Crippen LogP contribution is -2.44. The lowest BCUT2D eigenvalue weighted by molar-refractivity contribution is 0.0959. The van der Waals surface area contributed by atoms with E-state index in [1.54, 1.807) is 6.07 Å². The summed E-state index contributed by atoms with van der Waals surface area (Å²) in [6, 6.07) is 2.40. The molecule has 0 fully saturated rings. The van der Waals surface area contributed by atoms with E-state index < -0.39 is 22.6 Å². The number of fused-ring (bicyclic) bond motifs is 1. The average Bonchev–Trinajstić information content (AvgIpc) is 2.95. The van der Waals surface area contributed by atoms with E-state index in [4.69, 9.17) is 0 Å². The number of hydrogen-bond acceptors (Lipinski definition) is 5. The third kappa shape index (κ3) is 4.08. The molecule has 1 aliphatic heterocycles. The van der Waals surface area contributed by atoms with Gasteiger partial charge in [0.2, 0.25) is 0 Å². The van der Waals surface area contributed by atoms with E-state index in [1.807, 2.05) is 6.92 Å². The van der Waals surface area contributed by atoms with Gasteiger partial charge in [-0.25, -0.2) is 4.39 Å². The third-order valence-corrected chi connectivity index (χ3v) is 7.39. The van der Waals surface area contributed by atoms with Crippen LogP contribution in [0.15, 0.2) is 45.0 Å². The Bertz CT molecular complexity index is 1280. The Morgan fingerprint density at radius 2 is 1.79 bits per heavy atom. The molecule has 0 saturated heterocycles. The molecule has 7 heteroatoms. The fraction of sp³-hybridized carbons (Fsp3) is 0.444. The molecule has 2 atom stereocenters. The van der Waals surface area contributed by atoms with Gasteiger partial charge in [0, 0.05) is 0 Å². The minimum absolute atomic E-state index is 0.00471. The number of nitrogens with one attached hydrogen (secondary N) is 3. The molecule has 0 aromatic heterocycles. The molecule has 0 spiro atoms. The van der Waals surface area contributed by atoms with Crippen molar-refractivity contribution in [1.29, 1.82) is 0 Å². The van der Waals surface area contributed by atoms with Crippen molar-refractivity contribution in [3.8, 4) is 0 Å². The molecule has 1 amide bonds. The van der Waals surface area contributed by atoms with Gasteiger partial charge in [0.25, 0.3) is 16.8 Å². The second kappa shape index (κ2) is 8.85. The molecule has 4 rings (SSSR count). The van der Waals surface area contributed by atoms with Crippen molar-refractivity contribution in [2.24, 2.45) is 5.41 Å². The number of hydrogen-bond donors (Lipinski definition) is 3. The first-order valence-electron chi connectivity index (χ1n) is 11.9. The first-order valence-corrected chi connectivity index (χ1v) is 11.9. The number of carbonyl (C=O) groups excluding carboxylic acids is 1. The van der Waals surface area contributed by atoms with Gasteiger partial charge < -0.3 is 16.0 Å². The zero-order chi connectivity index (χ0) is 24.8. The monoisotopic (exact) mass is 465 g/mol. The minimum Gasteiger partial charge on any atom is -0.373 e. The van der Waals surface area contributed by atoms with E-state index in [9.17, 15) is 18.8 Å². The summed E-state index contributed by atoms with van der Waals surface area (Å²) < 4.78 is 14.8. The van der Waals surface area contributed by atoms with Crippen LogP contribution in [0.5, 0.6) is 0 Å². The summed E-state index contributed by atoms with van der Waals surface area (Å²) in [7, 11) is 0. The van der Waals surface area contributed by atoms with Crippen molar-refractivity contribution in [2.75, 3.05) is 10.6 Å². The quantitative estimate of drug-likeness (QED) is 0.384. The van der Waals surface area contributed by atoms with Crippen LogP contribution in [0.25, 0.3) is 0 Å². The van der Waals surface area contributed by atoms with Crippen LogP contribution in [0.3, 0.4) is 0 Å². The van der Waals surface area contributed by atoms with Crippen molar-refractivity contribution in [3.05, 3.63) is 72.8 Å². The standard InChI is InChI=1S/C27H32FN3O3/c1-6-27(4,5)25(16-9-7-8-14(2)10-11-16)31-22-21(23(32)24(22)33)30-20-18(28)13-12-17-15(3)29-26(34)19(17)20/h8-9,12-13,15,25,30-31H,6-7,10-11H2,1-5H3,(H,29,34)/t15-,25-/m0/s1. The van der Waals surface area contributed by atoms with Crippen LogP contribution in [-0.4, -0.2) is 11.9 Å². The van der Waals surface area contributed by atoms with Crippen LogP contribution >= 0.6 is 0 Å². The van der Waals surface area contributed by atoms with Crippen LogP contribution in [0.4, 0.5) is 21.5 Å². The molecule has 1 heterocycles. The van der Waals surface area contributed by atoms with Gasteiger partial charge in [0.05, 0.1) is 23.3 Å². The number of halogens is 1. The largest absolute Gasteiger partial charge is 0.373 e. The Kier molecular flexibility index (Phi) is 6.23. The van der Waals surface area contributed by atoms with Crippen molar-refractivity contribution in [2.45, 2.75) is 72.4 Å². The second-order valence-corrected chi connectivity index (χ2v) is 10.1. The molecule has 180 valence electrons. The summed E-state index contributed by atoms with van der Waals surface area (Å²) in [4.78, 5) is 37.7. The highest BCUT2D eigenvalue weighted by Gasteiger charge is 2.36.